The Labute approximate surface area is 282 Å². The molecule has 0 unspecified atom stereocenters. The Morgan fingerprint density at radius 2 is 1.55 bits per heavy atom. The predicted molar refractivity (Wildman–Crippen MR) is 179 cm³/mol. The smallest absolute Gasteiger partial charge is 0.294 e. The largest absolute Gasteiger partial charge is 0.473 e. The van der Waals surface area contributed by atoms with Crippen LogP contribution in [0.3, 0.4) is 0 Å². The van der Waals surface area contributed by atoms with Gasteiger partial charge in [0.15, 0.2) is 12.6 Å². The van der Waals surface area contributed by atoms with E-state index in [2.05, 4.69) is 32.6 Å². The number of nitrogens with one attached hydrogen (secondary N) is 1. The summed E-state index contributed by atoms with van der Waals surface area (Å²) in [5.74, 6) is 0.642. The lowest BCUT2D eigenvalue weighted by atomic mass is 10.1. The lowest BCUT2D eigenvalue weighted by molar-refractivity contribution is 0.344. The van der Waals surface area contributed by atoms with E-state index >= 15 is 0 Å². The van der Waals surface area contributed by atoms with Crippen LogP contribution in [0.4, 0.5) is 17.1 Å². The van der Waals surface area contributed by atoms with Crippen molar-refractivity contribution in [2.45, 2.75) is 36.5 Å². The Hall–Kier alpha value is -5.66. The van der Waals surface area contributed by atoms with Crippen molar-refractivity contribution in [2.75, 3.05) is 30.0 Å². The molecule has 0 saturated carbocycles. The number of benzene rings is 3. The van der Waals surface area contributed by atoms with Crippen molar-refractivity contribution in [3.8, 4) is 29.3 Å². The first-order chi connectivity index (χ1) is 23.3. The van der Waals surface area contributed by atoms with Gasteiger partial charge in [0.2, 0.25) is 5.82 Å². The average molecular weight is 704 g/mol. The van der Waals surface area contributed by atoms with Crippen LogP contribution in [0, 0.1) is 29.6 Å². The number of ether oxygens (including phenoxy) is 1. The van der Waals surface area contributed by atoms with Crippen molar-refractivity contribution in [3.05, 3.63) is 72.1 Å². The molecular formula is C31H29N9O7S2. The number of fused-ring (bicyclic) bond motifs is 1. The zero-order chi connectivity index (χ0) is 35.3. The third kappa shape index (κ3) is 8.26. The van der Waals surface area contributed by atoms with Crippen molar-refractivity contribution < 1.29 is 30.7 Å². The fourth-order valence-electron chi connectivity index (χ4n) is 4.82. The number of hydrogen-bond donors (Lipinski definition) is 3. The van der Waals surface area contributed by atoms with Gasteiger partial charge in [0.25, 0.3) is 20.2 Å². The summed E-state index contributed by atoms with van der Waals surface area (Å²) in [6.07, 6.45) is 0.685. The van der Waals surface area contributed by atoms with Crippen molar-refractivity contribution in [1.82, 2.24) is 14.9 Å². The van der Waals surface area contributed by atoms with E-state index in [1.54, 1.807) is 24.3 Å². The highest BCUT2D eigenvalue weighted by atomic mass is 32.2. The minimum absolute atomic E-state index is 0.220. The van der Waals surface area contributed by atoms with E-state index in [-0.39, 0.29) is 12.5 Å². The summed E-state index contributed by atoms with van der Waals surface area (Å²) in [6.45, 7) is 4.56. The van der Waals surface area contributed by atoms with Gasteiger partial charge in [-0.3, -0.25) is 9.11 Å². The van der Waals surface area contributed by atoms with Crippen LogP contribution in [0.15, 0.2) is 80.5 Å². The van der Waals surface area contributed by atoms with Crippen molar-refractivity contribution in [2.24, 2.45) is 10.1 Å². The molecule has 49 heavy (non-hydrogen) atoms. The minimum Gasteiger partial charge on any atom is -0.473 e. The molecule has 252 valence electrons. The maximum atomic E-state index is 11.5. The zero-order valence-corrected chi connectivity index (χ0v) is 27.8. The number of nitriles is 2. The predicted octanol–water partition coefficient (Wildman–Crippen LogP) is 4.19. The van der Waals surface area contributed by atoms with Gasteiger partial charge in [-0.1, -0.05) is 0 Å². The first-order valence-corrected chi connectivity index (χ1v) is 17.4. The van der Waals surface area contributed by atoms with Gasteiger partial charge < -0.3 is 15.0 Å². The molecule has 0 aliphatic carbocycles. The number of aryl methyl sites for hydroxylation is 1. The highest BCUT2D eigenvalue weighted by Crippen LogP contribution is 2.28. The molecule has 3 aromatic carbocycles. The number of anilines is 2. The van der Waals surface area contributed by atoms with Crippen LogP contribution < -0.4 is 15.0 Å². The molecule has 4 aromatic rings. The quantitative estimate of drug-likeness (QED) is 0.131. The summed E-state index contributed by atoms with van der Waals surface area (Å²) < 4.78 is 70.2. The number of aromatic nitrogens is 3. The van der Waals surface area contributed by atoms with Gasteiger partial charge >= 0.3 is 0 Å². The van der Waals surface area contributed by atoms with Gasteiger partial charge in [-0.25, -0.2) is 9.98 Å². The van der Waals surface area contributed by atoms with Gasteiger partial charge in [-0.2, -0.15) is 32.5 Å². The normalized spacial score (nSPS) is 13.3. The summed E-state index contributed by atoms with van der Waals surface area (Å²) in [4.78, 5) is 11.4. The van der Waals surface area contributed by atoms with Crippen molar-refractivity contribution in [3.63, 3.8) is 0 Å². The molecule has 0 atom stereocenters. The second kappa shape index (κ2) is 14.2. The van der Waals surface area contributed by atoms with Gasteiger partial charge in [0.05, 0.1) is 46.2 Å². The highest BCUT2D eigenvalue weighted by Gasteiger charge is 2.25. The van der Waals surface area contributed by atoms with Gasteiger partial charge in [-0.15, -0.1) is 9.89 Å². The van der Waals surface area contributed by atoms with Crippen LogP contribution in [0.2, 0.25) is 0 Å². The SMILES string of the molecule is CC1=Nn2nc(-c3ccc(NCOc4cc(S(=O)(=O)O)cc(S(=O)(=O)O)c4)cc3)nc2/C1=N\c1ccc(N(CCC#N)CCC#N)cc1C. The average Bonchev–Trinajstić information content (AvgIpc) is 3.59. The van der Waals surface area contributed by atoms with Crippen LogP contribution in [-0.4, -0.2) is 72.1 Å². The minimum atomic E-state index is -4.77. The van der Waals surface area contributed by atoms with E-state index in [1.807, 2.05) is 36.9 Å². The molecule has 1 aliphatic heterocycles. The molecule has 3 N–H and O–H groups in total. The molecule has 18 heteroatoms. The molecule has 1 aromatic heterocycles. The topological polar surface area (TPSA) is 236 Å². The van der Waals surface area contributed by atoms with Crippen LogP contribution >= 0.6 is 0 Å². The molecule has 0 spiro atoms. The van der Waals surface area contributed by atoms with E-state index in [9.17, 15) is 25.9 Å². The van der Waals surface area contributed by atoms with E-state index < -0.39 is 30.0 Å². The number of nitrogens with zero attached hydrogens (tertiary/aromatic N) is 8. The van der Waals surface area contributed by atoms with Crippen LogP contribution in [-0.2, 0) is 20.2 Å². The van der Waals surface area contributed by atoms with E-state index in [4.69, 9.17) is 20.3 Å². The Morgan fingerprint density at radius 1 is 0.918 bits per heavy atom. The maximum Gasteiger partial charge on any atom is 0.294 e. The first-order valence-electron chi connectivity index (χ1n) is 14.6. The molecule has 0 saturated heterocycles. The summed E-state index contributed by atoms with van der Waals surface area (Å²) in [5, 5.41) is 30.0. The fourth-order valence-corrected chi connectivity index (χ4v) is 5.97. The van der Waals surface area contributed by atoms with E-state index in [0.717, 1.165) is 23.4 Å². The number of hydrogen-bond acceptors (Lipinski definition) is 13. The molecule has 0 amide bonds. The summed E-state index contributed by atoms with van der Waals surface area (Å²) in [6, 6.07) is 19.4. The lowest BCUT2D eigenvalue weighted by Gasteiger charge is -2.23. The first kappa shape index (κ1) is 34.7. The lowest BCUT2D eigenvalue weighted by Crippen LogP contribution is -2.25. The van der Waals surface area contributed by atoms with Gasteiger partial charge in [0, 0.05) is 42.2 Å². The molecule has 1 aliphatic rings. The second-order valence-corrected chi connectivity index (χ2v) is 13.5. The molecular weight excluding hydrogens is 675 g/mol. The maximum absolute atomic E-state index is 11.5. The molecule has 0 bridgehead atoms. The number of rotatable bonds is 13. The Morgan fingerprint density at radius 3 is 2.12 bits per heavy atom. The van der Waals surface area contributed by atoms with E-state index in [0.29, 0.717) is 72.0 Å². The monoisotopic (exact) mass is 703 g/mol. The van der Waals surface area contributed by atoms with E-state index in [1.165, 1.54) is 4.79 Å². The Bertz CT molecular complexity index is 2200. The zero-order valence-electron chi connectivity index (χ0n) is 26.1. The summed E-state index contributed by atoms with van der Waals surface area (Å²) in [5.41, 5.74) is 4.97. The molecule has 2 heterocycles. The third-order valence-electron chi connectivity index (χ3n) is 7.26. The Kier molecular flexibility index (Phi) is 10.1. The van der Waals surface area contributed by atoms with Crippen LogP contribution in [0.5, 0.6) is 5.75 Å². The molecule has 5 rings (SSSR count). The fraction of sp³-hybridized carbons (Fsp3) is 0.226. The van der Waals surface area contributed by atoms with Crippen molar-refractivity contribution in [1.29, 1.82) is 10.5 Å². The van der Waals surface area contributed by atoms with Gasteiger partial charge in [0.1, 0.15) is 11.5 Å². The molecule has 0 radical (unpaired) electrons. The standard InChI is InChI=1S/C31H29N9O7S2/c1-20-15-24(39(13-3-11-32)14-4-12-33)9-10-28(20)35-29-21(2)37-40-31(29)36-30(38-40)22-5-7-23(8-6-22)34-19-47-25-16-26(48(41,42)43)18-27(17-25)49(44,45)46/h5-10,15-18,34H,3-4,13-14,19H2,1-2H3,(H,41,42,43)(H,44,45,46)/b35-29-. The molecule has 16 nitrogen and oxygen atoms in total. The highest BCUT2D eigenvalue weighted by molar-refractivity contribution is 7.86. The van der Waals surface area contributed by atoms with Crippen LogP contribution in [0.25, 0.3) is 11.4 Å². The Balaban J connectivity index is 1.29. The molecule has 0 fully saturated rings. The van der Waals surface area contributed by atoms with Crippen molar-refractivity contribution >= 4 is 48.7 Å². The number of aliphatic imine (C=N–C) groups is 1. The second-order valence-electron chi connectivity index (χ2n) is 10.7. The third-order valence-corrected chi connectivity index (χ3v) is 8.93. The van der Waals surface area contributed by atoms with Gasteiger partial charge in [-0.05, 0) is 67.9 Å². The van der Waals surface area contributed by atoms with Crippen LogP contribution in [0.1, 0.15) is 31.2 Å². The summed E-state index contributed by atoms with van der Waals surface area (Å²) in [7, 11) is -9.55. The summed E-state index contributed by atoms with van der Waals surface area (Å²) >= 11 is 0.